The summed E-state index contributed by atoms with van der Waals surface area (Å²) in [4.78, 5) is 24.9. The number of carbonyl (C=O) groups excluding carboxylic acids is 2. The molecule has 0 bridgehead atoms. The quantitative estimate of drug-likeness (QED) is 0.276. The van der Waals surface area contributed by atoms with Crippen LogP contribution in [0.2, 0.25) is 0 Å². The molecule has 1 fully saturated rings. The number of nitrogens with two attached hydrogens (primary N) is 1. The van der Waals surface area contributed by atoms with Crippen LogP contribution in [-0.4, -0.2) is 56.2 Å². The Morgan fingerprint density at radius 1 is 1.26 bits per heavy atom. The molecule has 0 atom stereocenters. The minimum atomic E-state index is -0.153. The molecule has 2 amide bonds. The van der Waals surface area contributed by atoms with E-state index in [4.69, 9.17) is 15.3 Å². The second kappa shape index (κ2) is 8.84. The number of amides is 2. The van der Waals surface area contributed by atoms with Crippen LogP contribution in [-0.2, 0) is 19.1 Å². The molecular formula is C12H23N3O4. The second-order valence-corrected chi connectivity index (χ2v) is 4.41. The van der Waals surface area contributed by atoms with E-state index in [0.29, 0.717) is 45.8 Å². The highest BCUT2D eigenvalue weighted by Gasteiger charge is 2.26. The van der Waals surface area contributed by atoms with Gasteiger partial charge in [-0.1, -0.05) is 0 Å². The Labute approximate surface area is 113 Å². The number of nitrogens with one attached hydrogen (secondary N) is 1. The van der Waals surface area contributed by atoms with Gasteiger partial charge in [0.15, 0.2) is 0 Å². The normalized spacial score (nSPS) is 16.4. The van der Waals surface area contributed by atoms with Gasteiger partial charge in [-0.05, 0) is 19.8 Å². The van der Waals surface area contributed by atoms with E-state index in [1.54, 1.807) is 4.90 Å². The molecule has 7 nitrogen and oxygen atoms in total. The van der Waals surface area contributed by atoms with Gasteiger partial charge < -0.3 is 14.4 Å². The predicted octanol–water partition coefficient (Wildman–Crippen LogP) is -0.732. The molecule has 7 heteroatoms. The van der Waals surface area contributed by atoms with Gasteiger partial charge in [0.2, 0.25) is 11.8 Å². The van der Waals surface area contributed by atoms with Crippen LogP contribution in [0.5, 0.6) is 0 Å². The largest absolute Gasteiger partial charge is 0.379 e. The zero-order chi connectivity index (χ0) is 14.1. The Balaban J connectivity index is 2.16. The van der Waals surface area contributed by atoms with Gasteiger partial charge in [-0.3, -0.25) is 15.0 Å². The van der Waals surface area contributed by atoms with Crippen LogP contribution in [0.3, 0.4) is 0 Å². The van der Waals surface area contributed by atoms with Crippen molar-refractivity contribution in [2.45, 2.75) is 19.8 Å². The minimum Gasteiger partial charge on any atom is -0.379 e. The van der Waals surface area contributed by atoms with Crippen molar-refractivity contribution >= 4 is 11.8 Å². The van der Waals surface area contributed by atoms with Crippen LogP contribution < -0.4 is 11.3 Å². The summed E-state index contributed by atoms with van der Waals surface area (Å²) in [6.45, 7) is 4.70. The van der Waals surface area contributed by atoms with Crippen molar-refractivity contribution in [1.29, 1.82) is 0 Å². The molecule has 3 N–H and O–H groups in total. The van der Waals surface area contributed by atoms with Gasteiger partial charge in [-0.15, -0.1) is 0 Å². The molecule has 1 heterocycles. The number of rotatable bonds is 7. The first-order chi connectivity index (χ1) is 9.19. The maximum absolute atomic E-state index is 11.8. The van der Waals surface area contributed by atoms with E-state index < -0.39 is 0 Å². The molecule has 0 aromatic rings. The number of piperidine rings is 1. The number of hydrogen-bond acceptors (Lipinski definition) is 5. The summed E-state index contributed by atoms with van der Waals surface area (Å²) in [6.07, 6.45) is 1.29. The van der Waals surface area contributed by atoms with Crippen molar-refractivity contribution < 1.29 is 19.1 Å². The number of hydrazine groups is 1. The molecule has 1 saturated heterocycles. The predicted molar refractivity (Wildman–Crippen MR) is 68.9 cm³/mol. The molecule has 0 aromatic heterocycles. The van der Waals surface area contributed by atoms with Gasteiger partial charge in [-0.2, -0.15) is 0 Å². The Kier molecular flexibility index (Phi) is 7.39. The standard InChI is InChI=1S/C12H23N3O4/c1-2-18-7-8-19-9-11(16)15-5-3-10(4-6-15)12(17)14-13/h10H,2-9,13H2,1H3,(H,14,17). The maximum atomic E-state index is 11.8. The van der Waals surface area contributed by atoms with Crippen LogP contribution >= 0.6 is 0 Å². The summed E-state index contributed by atoms with van der Waals surface area (Å²) < 4.78 is 10.3. The summed E-state index contributed by atoms with van der Waals surface area (Å²) in [6, 6.07) is 0. The Hall–Kier alpha value is -1.18. The first-order valence-corrected chi connectivity index (χ1v) is 6.62. The Bertz CT molecular complexity index is 291. The van der Waals surface area contributed by atoms with Gasteiger partial charge in [0.1, 0.15) is 6.61 Å². The molecule has 0 spiro atoms. The SMILES string of the molecule is CCOCCOCC(=O)N1CCC(C(=O)NN)CC1. The average molecular weight is 273 g/mol. The Morgan fingerprint density at radius 3 is 2.47 bits per heavy atom. The Morgan fingerprint density at radius 2 is 1.89 bits per heavy atom. The van der Waals surface area contributed by atoms with E-state index in [-0.39, 0.29) is 24.3 Å². The zero-order valence-electron chi connectivity index (χ0n) is 11.4. The molecule has 0 aromatic carbocycles. The summed E-state index contributed by atoms with van der Waals surface area (Å²) in [5.41, 5.74) is 2.15. The second-order valence-electron chi connectivity index (χ2n) is 4.41. The van der Waals surface area contributed by atoms with E-state index in [2.05, 4.69) is 5.43 Å². The van der Waals surface area contributed by atoms with Crippen molar-refractivity contribution in [3.05, 3.63) is 0 Å². The molecule has 1 rings (SSSR count). The fraction of sp³-hybridized carbons (Fsp3) is 0.833. The van der Waals surface area contributed by atoms with Gasteiger partial charge in [0.05, 0.1) is 13.2 Å². The number of carbonyl (C=O) groups is 2. The van der Waals surface area contributed by atoms with E-state index in [1.807, 2.05) is 6.92 Å². The van der Waals surface area contributed by atoms with E-state index in [9.17, 15) is 9.59 Å². The van der Waals surface area contributed by atoms with Crippen molar-refractivity contribution in [2.75, 3.05) is 39.5 Å². The third kappa shape index (κ3) is 5.54. The fourth-order valence-electron chi connectivity index (χ4n) is 2.02. The number of likely N-dealkylation sites (tertiary alicyclic amines) is 1. The molecule has 0 aliphatic carbocycles. The molecule has 0 radical (unpaired) electrons. The highest BCUT2D eigenvalue weighted by Crippen LogP contribution is 2.17. The lowest BCUT2D eigenvalue weighted by atomic mass is 9.96. The van der Waals surface area contributed by atoms with Gasteiger partial charge >= 0.3 is 0 Å². The molecule has 110 valence electrons. The fourth-order valence-corrected chi connectivity index (χ4v) is 2.02. The van der Waals surface area contributed by atoms with Crippen molar-refractivity contribution in [3.8, 4) is 0 Å². The number of ether oxygens (including phenoxy) is 2. The minimum absolute atomic E-state index is 0.0388. The van der Waals surface area contributed by atoms with Gasteiger partial charge in [-0.25, -0.2) is 5.84 Å². The van der Waals surface area contributed by atoms with Crippen LogP contribution in [0.4, 0.5) is 0 Å². The van der Waals surface area contributed by atoms with Gasteiger partial charge in [0, 0.05) is 25.6 Å². The molecule has 1 aliphatic heterocycles. The summed E-state index contributed by atoms with van der Waals surface area (Å²) in [7, 11) is 0. The number of hydrogen-bond donors (Lipinski definition) is 2. The van der Waals surface area contributed by atoms with Crippen molar-refractivity contribution in [2.24, 2.45) is 11.8 Å². The topological polar surface area (TPSA) is 93.9 Å². The monoisotopic (exact) mass is 273 g/mol. The first-order valence-electron chi connectivity index (χ1n) is 6.62. The van der Waals surface area contributed by atoms with E-state index in [0.717, 1.165) is 0 Å². The van der Waals surface area contributed by atoms with Crippen molar-refractivity contribution in [1.82, 2.24) is 10.3 Å². The highest BCUT2D eigenvalue weighted by atomic mass is 16.5. The first kappa shape index (κ1) is 15.9. The molecule has 0 saturated carbocycles. The molecule has 0 unspecified atom stereocenters. The van der Waals surface area contributed by atoms with Gasteiger partial charge in [0.25, 0.3) is 0 Å². The third-order valence-electron chi connectivity index (χ3n) is 3.16. The van der Waals surface area contributed by atoms with Crippen LogP contribution in [0.1, 0.15) is 19.8 Å². The molecular weight excluding hydrogens is 250 g/mol. The highest BCUT2D eigenvalue weighted by molar-refractivity contribution is 5.80. The van der Waals surface area contributed by atoms with Crippen LogP contribution in [0.25, 0.3) is 0 Å². The molecule has 1 aliphatic rings. The zero-order valence-corrected chi connectivity index (χ0v) is 11.4. The maximum Gasteiger partial charge on any atom is 0.248 e. The van der Waals surface area contributed by atoms with E-state index >= 15 is 0 Å². The van der Waals surface area contributed by atoms with Crippen LogP contribution in [0.15, 0.2) is 0 Å². The van der Waals surface area contributed by atoms with E-state index in [1.165, 1.54) is 0 Å². The summed E-state index contributed by atoms with van der Waals surface area (Å²) in [5, 5.41) is 0. The third-order valence-corrected chi connectivity index (χ3v) is 3.16. The smallest absolute Gasteiger partial charge is 0.248 e. The summed E-state index contributed by atoms with van der Waals surface area (Å²) >= 11 is 0. The van der Waals surface area contributed by atoms with Crippen LogP contribution in [0, 0.1) is 5.92 Å². The lowest BCUT2D eigenvalue weighted by molar-refractivity contribution is -0.140. The average Bonchev–Trinajstić information content (AvgIpc) is 2.46. The summed E-state index contributed by atoms with van der Waals surface area (Å²) in [5.74, 6) is 4.81. The molecule has 19 heavy (non-hydrogen) atoms. The van der Waals surface area contributed by atoms with Crippen molar-refractivity contribution in [3.63, 3.8) is 0 Å². The number of nitrogens with zero attached hydrogens (tertiary/aromatic N) is 1. The lowest BCUT2D eigenvalue weighted by Crippen LogP contribution is -2.45. The lowest BCUT2D eigenvalue weighted by Gasteiger charge is -2.30.